The van der Waals surface area contributed by atoms with E-state index in [4.69, 9.17) is 23.6 Å². The van der Waals surface area contributed by atoms with Crippen LogP contribution in [-0.2, 0) is 27.9 Å². The highest BCUT2D eigenvalue weighted by Gasteiger charge is 2.26. The van der Waals surface area contributed by atoms with Gasteiger partial charge in [0, 0.05) is 13.0 Å². The van der Waals surface area contributed by atoms with Crippen molar-refractivity contribution in [1.29, 1.82) is 0 Å². The zero-order chi connectivity index (χ0) is 42.5. The second kappa shape index (κ2) is 46.0. The van der Waals surface area contributed by atoms with E-state index in [1.54, 1.807) is 0 Å². The number of carbonyl (C=O) groups excluding carboxylic acids is 1. The Kier molecular flexibility index (Phi) is 45.5. The maximum atomic E-state index is 12.7. The van der Waals surface area contributed by atoms with Gasteiger partial charge in [0.25, 0.3) is 0 Å². The quantitative estimate of drug-likeness (QED) is 0.0311. The van der Waals surface area contributed by atoms with Crippen molar-refractivity contribution in [3.63, 3.8) is 0 Å². The summed E-state index contributed by atoms with van der Waals surface area (Å²) in [6, 6.07) is 0. The number of esters is 1. The molecule has 0 radical (unpaired) electrons. The van der Waals surface area contributed by atoms with Crippen molar-refractivity contribution in [2.45, 2.75) is 270 Å². The van der Waals surface area contributed by atoms with Gasteiger partial charge in [-0.2, -0.15) is 0 Å². The van der Waals surface area contributed by atoms with E-state index >= 15 is 0 Å². The van der Waals surface area contributed by atoms with Crippen molar-refractivity contribution in [3.05, 3.63) is 0 Å². The van der Waals surface area contributed by atoms with Gasteiger partial charge in [0.05, 0.1) is 26.4 Å². The van der Waals surface area contributed by atoms with Gasteiger partial charge in [0.2, 0.25) is 0 Å². The average molecular weight is 849 g/mol. The maximum Gasteiger partial charge on any atom is 0.472 e. The summed E-state index contributed by atoms with van der Waals surface area (Å²) in [6.45, 7) is 3.60. The minimum atomic E-state index is -4.51. The zero-order valence-electron chi connectivity index (χ0n) is 38.3. The number of aliphatic hydroxyl groups excluding tert-OH is 2. The van der Waals surface area contributed by atoms with Gasteiger partial charge < -0.3 is 24.6 Å². The van der Waals surface area contributed by atoms with Gasteiger partial charge in [-0.25, -0.2) is 4.57 Å². The Morgan fingerprint density at radius 3 is 1.12 bits per heavy atom. The molecule has 0 saturated heterocycles. The first-order valence-electron chi connectivity index (χ1n) is 25.0. The van der Waals surface area contributed by atoms with E-state index in [9.17, 15) is 19.4 Å². The molecule has 3 atom stereocenters. The molecule has 10 heteroatoms. The molecule has 0 spiro atoms. The zero-order valence-corrected chi connectivity index (χ0v) is 39.2. The molecule has 0 bridgehead atoms. The van der Waals surface area contributed by atoms with Crippen LogP contribution >= 0.6 is 7.82 Å². The Labute approximate surface area is 358 Å². The standard InChI is InChI=1S/C48H97O9P/c1-3-5-7-9-11-13-15-17-19-21-23-25-27-29-31-33-35-37-39-41-54-44-47(45-56-58(52,53)55-43-46(50)42-49)57-48(51)40-38-36-34-32-30-28-26-24-22-20-18-16-14-12-10-8-6-4-2/h46-47,49-50H,3-45H2,1-2H3,(H,52,53). The predicted molar refractivity (Wildman–Crippen MR) is 242 cm³/mol. The van der Waals surface area contributed by atoms with E-state index in [0.717, 1.165) is 32.1 Å². The number of rotatable bonds is 49. The highest BCUT2D eigenvalue weighted by atomic mass is 31.2. The number of unbranched alkanes of at least 4 members (excludes halogenated alkanes) is 35. The molecule has 0 heterocycles. The summed E-state index contributed by atoms with van der Waals surface area (Å²) < 4.78 is 33.5. The predicted octanol–water partition coefficient (Wildman–Crippen LogP) is 14.3. The lowest BCUT2D eigenvalue weighted by Crippen LogP contribution is -2.29. The fraction of sp³-hybridized carbons (Fsp3) is 0.979. The van der Waals surface area contributed by atoms with Crippen molar-refractivity contribution in [1.82, 2.24) is 0 Å². The van der Waals surface area contributed by atoms with Crippen LogP contribution in [0.1, 0.15) is 258 Å². The fourth-order valence-electron chi connectivity index (χ4n) is 7.48. The number of phosphoric ester groups is 1. The molecule has 0 rings (SSSR count). The third-order valence-corrected chi connectivity index (χ3v) is 12.2. The van der Waals surface area contributed by atoms with Gasteiger partial charge >= 0.3 is 13.8 Å². The molecule has 0 aromatic rings. The van der Waals surface area contributed by atoms with Crippen molar-refractivity contribution >= 4 is 13.8 Å². The Morgan fingerprint density at radius 2 is 0.776 bits per heavy atom. The summed E-state index contributed by atoms with van der Waals surface area (Å²) in [5.74, 6) is -0.374. The number of aliphatic hydroxyl groups is 2. The van der Waals surface area contributed by atoms with Crippen LogP contribution in [0.15, 0.2) is 0 Å². The van der Waals surface area contributed by atoms with Crippen molar-refractivity contribution < 1.29 is 43.0 Å². The third kappa shape index (κ3) is 45.0. The van der Waals surface area contributed by atoms with E-state index in [1.807, 2.05) is 0 Å². The van der Waals surface area contributed by atoms with Gasteiger partial charge in [0.15, 0.2) is 0 Å². The molecule has 0 aromatic carbocycles. The molecule has 0 aromatic heterocycles. The van der Waals surface area contributed by atoms with Crippen LogP contribution in [-0.4, -0.2) is 66.3 Å². The largest absolute Gasteiger partial charge is 0.472 e. The topological polar surface area (TPSA) is 132 Å². The second-order valence-electron chi connectivity index (χ2n) is 17.2. The molecule has 0 aliphatic rings. The number of hydrogen-bond acceptors (Lipinski definition) is 8. The molecule has 0 aliphatic heterocycles. The SMILES string of the molecule is CCCCCCCCCCCCCCCCCCCCCOCC(COP(=O)(O)OCC(O)CO)OC(=O)CCCCCCCCCCCCCCCCCCCC. The minimum Gasteiger partial charge on any atom is -0.457 e. The van der Waals surface area contributed by atoms with E-state index in [2.05, 4.69) is 13.8 Å². The van der Waals surface area contributed by atoms with Crippen molar-refractivity contribution in [2.75, 3.05) is 33.0 Å². The van der Waals surface area contributed by atoms with Crippen molar-refractivity contribution in [3.8, 4) is 0 Å². The van der Waals surface area contributed by atoms with Crippen LogP contribution in [0.2, 0.25) is 0 Å². The van der Waals surface area contributed by atoms with Crippen LogP contribution in [0.25, 0.3) is 0 Å². The minimum absolute atomic E-state index is 0.0587. The highest BCUT2D eigenvalue weighted by molar-refractivity contribution is 7.47. The second-order valence-corrected chi connectivity index (χ2v) is 18.7. The van der Waals surface area contributed by atoms with E-state index in [0.29, 0.717) is 6.61 Å². The van der Waals surface area contributed by atoms with Gasteiger partial charge in [0.1, 0.15) is 12.2 Å². The summed E-state index contributed by atoms with van der Waals surface area (Å²) in [6.07, 6.45) is 46.4. The number of phosphoric acid groups is 1. The molecule has 348 valence electrons. The Morgan fingerprint density at radius 1 is 0.466 bits per heavy atom. The number of hydrogen-bond donors (Lipinski definition) is 3. The van der Waals surface area contributed by atoms with Gasteiger partial charge in [-0.15, -0.1) is 0 Å². The van der Waals surface area contributed by atoms with Gasteiger partial charge in [-0.05, 0) is 12.8 Å². The van der Waals surface area contributed by atoms with Crippen LogP contribution in [0.4, 0.5) is 0 Å². The molecule has 0 saturated carbocycles. The highest BCUT2D eigenvalue weighted by Crippen LogP contribution is 2.43. The lowest BCUT2D eigenvalue weighted by Gasteiger charge is -2.20. The Bertz CT molecular complexity index is 876. The van der Waals surface area contributed by atoms with Crippen molar-refractivity contribution in [2.24, 2.45) is 0 Å². The molecule has 0 fully saturated rings. The lowest BCUT2D eigenvalue weighted by molar-refractivity contribution is -0.154. The lowest BCUT2D eigenvalue weighted by atomic mass is 10.0. The van der Waals surface area contributed by atoms with E-state index < -0.39 is 33.2 Å². The molecule has 0 aliphatic carbocycles. The van der Waals surface area contributed by atoms with Gasteiger partial charge in [-0.3, -0.25) is 13.8 Å². The van der Waals surface area contributed by atoms with Crippen LogP contribution in [0.5, 0.6) is 0 Å². The molecule has 3 N–H and O–H groups in total. The van der Waals surface area contributed by atoms with Crippen LogP contribution < -0.4 is 0 Å². The number of carbonyl (C=O) groups is 1. The van der Waals surface area contributed by atoms with Crippen LogP contribution in [0, 0.1) is 0 Å². The average Bonchev–Trinajstić information content (AvgIpc) is 3.21. The first-order chi connectivity index (χ1) is 28.3. The molecule has 58 heavy (non-hydrogen) atoms. The molecular weight excluding hydrogens is 751 g/mol. The van der Waals surface area contributed by atoms with E-state index in [1.165, 1.54) is 205 Å². The first-order valence-corrected chi connectivity index (χ1v) is 26.5. The summed E-state index contributed by atoms with van der Waals surface area (Å²) in [5.41, 5.74) is 0. The Hall–Kier alpha value is -0.540. The fourth-order valence-corrected chi connectivity index (χ4v) is 8.27. The normalized spacial score (nSPS) is 13.8. The summed E-state index contributed by atoms with van der Waals surface area (Å²) in [4.78, 5) is 22.7. The molecular formula is C48H97O9P. The summed E-state index contributed by atoms with van der Waals surface area (Å²) in [5, 5.41) is 18.4. The maximum absolute atomic E-state index is 12.7. The molecule has 3 unspecified atom stereocenters. The third-order valence-electron chi connectivity index (χ3n) is 11.3. The summed E-state index contributed by atoms with van der Waals surface area (Å²) in [7, 11) is -4.51. The number of ether oxygens (including phenoxy) is 2. The monoisotopic (exact) mass is 849 g/mol. The van der Waals surface area contributed by atoms with Crippen LogP contribution in [0.3, 0.4) is 0 Å². The first kappa shape index (κ1) is 57.5. The van der Waals surface area contributed by atoms with Gasteiger partial charge in [-0.1, -0.05) is 239 Å². The summed E-state index contributed by atoms with van der Waals surface area (Å²) >= 11 is 0. The molecule has 9 nitrogen and oxygen atoms in total. The Balaban J connectivity index is 4.03. The smallest absolute Gasteiger partial charge is 0.457 e. The molecule has 0 amide bonds. The van der Waals surface area contributed by atoms with E-state index in [-0.39, 0.29) is 25.6 Å².